The summed E-state index contributed by atoms with van der Waals surface area (Å²) in [4.78, 5) is 1.35. The zero-order chi connectivity index (χ0) is 12.3. The van der Waals surface area contributed by atoms with Crippen molar-refractivity contribution in [3.63, 3.8) is 0 Å². The summed E-state index contributed by atoms with van der Waals surface area (Å²) in [6.45, 7) is 0. The van der Waals surface area contributed by atoms with Gasteiger partial charge in [-0.3, -0.25) is 0 Å². The van der Waals surface area contributed by atoms with E-state index in [1.54, 1.807) is 11.3 Å². The van der Waals surface area contributed by atoms with Crippen LogP contribution < -0.4 is 5.32 Å². The highest BCUT2D eigenvalue weighted by atomic mass is 79.9. The average molecular weight is 375 g/mol. The molecule has 1 aromatic heterocycles. The molecule has 1 aromatic carbocycles. The number of thiophene rings is 1. The van der Waals surface area contributed by atoms with Crippen LogP contribution in [0.25, 0.3) is 0 Å². The van der Waals surface area contributed by atoms with Crippen LogP contribution >= 0.6 is 43.2 Å². The standard InChI is InChI=1S/C13H13Br2NS/c1-16-12(13-11(15)6-7-17-13)8-9-4-2-3-5-10(9)14/h2-7,12,16H,8H2,1H3. The van der Waals surface area contributed by atoms with E-state index in [4.69, 9.17) is 0 Å². The van der Waals surface area contributed by atoms with Crippen LogP contribution in [0, 0.1) is 0 Å². The van der Waals surface area contributed by atoms with Crippen molar-refractivity contribution in [2.75, 3.05) is 7.05 Å². The van der Waals surface area contributed by atoms with Gasteiger partial charge < -0.3 is 5.32 Å². The minimum atomic E-state index is 0.350. The van der Waals surface area contributed by atoms with Crippen LogP contribution in [0.2, 0.25) is 0 Å². The summed E-state index contributed by atoms with van der Waals surface area (Å²) in [5.41, 5.74) is 1.33. The Morgan fingerprint density at radius 3 is 2.53 bits per heavy atom. The number of benzene rings is 1. The van der Waals surface area contributed by atoms with Gasteiger partial charge in [-0.2, -0.15) is 0 Å². The van der Waals surface area contributed by atoms with E-state index in [-0.39, 0.29) is 0 Å². The maximum Gasteiger partial charge on any atom is 0.0465 e. The fourth-order valence-corrected chi connectivity index (χ4v) is 3.97. The first-order valence-electron chi connectivity index (χ1n) is 5.36. The topological polar surface area (TPSA) is 12.0 Å². The molecule has 17 heavy (non-hydrogen) atoms. The third-order valence-corrected chi connectivity index (χ3v) is 5.45. The fourth-order valence-electron chi connectivity index (χ4n) is 1.76. The van der Waals surface area contributed by atoms with Gasteiger partial charge in [-0.1, -0.05) is 34.1 Å². The normalized spacial score (nSPS) is 12.6. The molecule has 0 aliphatic carbocycles. The molecule has 1 nitrogen and oxygen atoms in total. The van der Waals surface area contributed by atoms with E-state index < -0.39 is 0 Å². The predicted octanol–water partition coefficient (Wildman–Crippen LogP) is 4.78. The fraction of sp³-hybridized carbons (Fsp3) is 0.231. The van der Waals surface area contributed by atoms with E-state index in [0.29, 0.717) is 6.04 Å². The summed E-state index contributed by atoms with van der Waals surface area (Å²) in [7, 11) is 2.01. The SMILES string of the molecule is CNC(Cc1ccccc1Br)c1sccc1Br. The quantitative estimate of drug-likeness (QED) is 0.812. The lowest BCUT2D eigenvalue weighted by Crippen LogP contribution is -2.18. The maximum absolute atomic E-state index is 3.60. The van der Waals surface area contributed by atoms with Crippen molar-refractivity contribution in [2.45, 2.75) is 12.5 Å². The Kier molecular flexibility index (Phi) is 4.79. The van der Waals surface area contributed by atoms with Gasteiger partial charge in [0.05, 0.1) is 0 Å². The molecule has 0 radical (unpaired) electrons. The lowest BCUT2D eigenvalue weighted by atomic mass is 10.1. The van der Waals surface area contributed by atoms with Gasteiger partial charge in [0.25, 0.3) is 0 Å². The maximum atomic E-state index is 3.60. The molecule has 0 saturated carbocycles. The van der Waals surface area contributed by atoms with Crippen LogP contribution in [0.4, 0.5) is 0 Å². The third kappa shape index (κ3) is 3.19. The van der Waals surface area contributed by atoms with Gasteiger partial charge in [0.2, 0.25) is 0 Å². The van der Waals surface area contributed by atoms with Crippen molar-refractivity contribution in [1.82, 2.24) is 5.32 Å². The molecule has 4 heteroatoms. The summed E-state index contributed by atoms with van der Waals surface area (Å²) in [5, 5.41) is 5.50. The molecule has 1 unspecified atom stereocenters. The summed E-state index contributed by atoms with van der Waals surface area (Å²) in [6.07, 6.45) is 0.983. The molecule has 1 N–H and O–H groups in total. The first-order valence-corrected chi connectivity index (χ1v) is 7.82. The molecule has 0 aliphatic rings. The van der Waals surface area contributed by atoms with Gasteiger partial charge in [0, 0.05) is 19.9 Å². The summed E-state index contributed by atoms with van der Waals surface area (Å²) >= 11 is 8.98. The number of halogens is 2. The lowest BCUT2D eigenvalue weighted by molar-refractivity contribution is 0.599. The molecule has 0 aliphatic heterocycles. The van der Waals surface area contributed by atoms with E-state index in [1.165, 1.54) is 19.4 Å². The average Bonchev–Trinajstić information content (AvgIpc) is 2.75. The van der Waals surface area contributed by atoms with Gasteiger partial charge in [0.15, 0.2) is 0 Å². The van der Waals surface area contributed by atoms with Crippen LogP contribution in [0.3, 0.4) is 0 Å². The van der Waals surface area contributed by atoms with Crippen LogP contribution in [-0.4, -0.2) is 7.05 Å². The molecule has 2 aromatic rings. The number of hydrogen-bond acceptors (Lipinski definition) is 2. The van der Waals surface area contributed by atoms with Gasteiger partial charge in [-0.05, 0) is 52.5 Å². The third-order valence-electron chi connectivity index (χ3n) is 2.69. The van der Waals surface area contributed by atoms with Crippen molar-refractivity contribution in [2.24, 2.45) is 0 Å². The van der Waals surface area contributed by atoms with Crippen molar-refractivity contribution >= 4 is 43.2 Å². The molecule has 0 amide bonds. The van der Waals surface area contributed by atoms with Crippen LogP contribution in [-0.2, 0) is 6.42 Å². The van der Waals surface area contributed by atoms with Gasteiger partial charge in [-0.25, -0.2) is 0 Å². The highest BCUT2D eigenvalue weighted by molar-refractivity contribution is 9.10. The monoisotopic (exact) mass is 373 g/mol. The highest BCUT2D eigenvalue weighted by Gasteiger charge is 2.15. The van der Waals surface area contributed by atoms with E-state index in [2.05, 4.69) is 66.8 Å². The summed E-state index contributed by atoms with van der Waals surface area (Å²) in [6, 6.07) is 10.8. The molecule has 0 spiro atoms. The lowest BCUT2D eigenvalue weighted by Gasteiger charge is -2.16. The molecule has 1 heterocycles. The molecule has 0 bridgehead atoms. The second kappa shape index (κ2) is 6.14. The summed E-state index contributed by atoms with van der Waals surface area (Å²) < 4.78 is 2.36. The zero-order valence-corrected chi connectivity index (χ0v) is 13.4. The Hall–Kier alpha value is -0.160. The number of likely N-dealkylation sites (N-methyl/N-ethyl adjacent to an activating group) is 1. The Morgan fingerprint density at radius 1 is 1.18 bits per heavy atom. The Balaban J connectivity index is 2.22. The van der Waals surface area contributed by atoms with E-state index in [1.807, 2.05) is 13.1 Å². The molecular formula is C13H13Br2NS. The molecule has 2 rings (SSSR count). The van der Waals surface area contributed by atoms with Gasteiger partial charge in [-0.15, -0.1) is 11.3 Å². The minimum Gasteiger partial charge on any atom is -0.312 e. The van der Waals surface area contributed by atoms with E-state index in [9.17, 15) is 0 Å². The minimum absolute atomic E-state index is 0.350. The van der Waals surface area contributed by atoms with Gasteiger partial charge in [0.1, 0.15) is 0 Å². The largest absolute Gasteiger partial charge is 0.312 e. The number of hydrogen-bond donors (Lipinski definition) is 1. The zero-order valence-electron chi connectivity index (χ0n) is 9.41. The van der Waals surface area contributed by atoms with Crippen molar-refractivity contribution < 1.29 is 0 Å². The second-order valence-electron chi connectivity index (χ2n) is 3.77. The number of rotatable bonds is 4. The summed E-state index contributed by atoms with van der Waals surface area (Å²) in [5.74, 6) is 0. The second-order valence-corrected chi connectivity index (χ2v) is 6.43. The Bertz CT molecular complexity index is 496. The highest BCUT2D eigenvalue weighted by Crippen LogP contribution is 2.32. The Labute approximate surface area is 123 Å². The molecule has 0 fully saturated rings. The molecule has 0 saturated heterocycles. The molecular weight excluding hydrogens is 362 g/mol. The van der Waals surface area contributed by atoms with Crippen molar-refractivity contribution in [3.05, 3.63) is 55.1 Å². The Morgan fingerprint density at radius 2 is 1.94 bits per heavy atom. The number of nitrogens with one attached hydrogen (secondary N) is 1. The van der Waals surface area contributed by atoms with E-state index >= 15 is 0 Å². The predicted molar refractivity (Wildman–Crippen MR) is 81.7 cm³/mol. The van der Waals surface area contributed by atoms with Crippen LogP contribution in [0.15, 0.2) is 44.7 Å². The van der Waals surface area contributed by atoms with Crippen molar-refractivity contribution in [1.29, 1.82) is 0 Å². The smallest absolute Gasteiger partial charge is 0.0465 e. The van der Waals surface area contributed by atoms with Crippen molar-refractivity contribution in [3.8, 4) is 0 Å². The van der Waals surface area contributed by atoms with E-state index in [0.717, 1.165) is 6.42 Å². The van der Waals surface area contributed by atoms with Crippen LogP contribution in [0.1, 0.15) is 16.5 Å². The first-order chi connectivity index (χ1) is 8.22. The molecule has 1 atom stereocenters. The first kappa shape index (κ1) is 13.3. The molecule has 90 valence electrons. The van der Waals surface area contributed by atoms with Crippen LogP contribution in [0.5, 0.6) is 0 Å². The van der Waals surface area contributed by atoms with Gasteiger partial charge >= 0.3 is 0 Å².